The number of methoxy groups -OCH3 is 2. The van der Waals surface area contributed by atoms with Gasteiger partial charge < -0.3 is 18.9 Å². The van der Waals surface area contributed by atoms with Crippen LogP contribution in [0.15, 0.2) is 12.2 Å². The second kappa shape index (κ2) is 5.62. The molecule has 2 heterocycles. The maximum absolute atomic E-state index is 11.9. The van der Waals surface area contributed by atoms with Crippen molar-refractivity contribution in [1.82, 2.24) is 0 Å². The largest absolute Gasteiger partial charge is 0.458 e. The number of carbonyl (C=O) groups is 1. The average molecular weight is 310 g/mol. The molecule has 5 nitrogen and oxygen atoms in total. The maximum Gasteiger partial charge on any atom is 0.334 e. The molecular formula is C17H26O5. The van der Waals surface area contributed by atoms with Gasteiger partial charge in [0.2, 0.25) is 0 Å². The molecule has 0 radical (unpaired) electrons. The van der Waals surface area contributed by atoms with Crippen LogP contribution in [0.5, 0.6) is 0 Å². The van der Waals surface area contributed by atoms with Gasteiger partial charge in [0.25, 0.3) is 0 Å². The number of carbonyl (C=O) groups excluding carboxylic acids is 1. The van der Waals surface area contributed by atoms with Gasteiger partial charge in [0, 0.05) is 37.5 Å². The highest BCUT2D eigenvalue weighted by atomic mass is 16.8. The van der Waals surface area contributed by atoms with E-state index < -0.39 is 0 Å². The van der Waals surface area contributed by atoms with E-state index in [9.17, 15) is 4.79 Å². The third kappa shape index (κ3) is 2.30. The van der Waals surface area contributed by atoms with Crippen molar-refractivity contribution in [1.29, 1.82) is 0 Å². The van der Waals surface area contributed by atoms with E-state index in [0.29, 0.717) is 17.4 Å². The Kier molecular flexibility index (Phi) is 4.08. The van der Waals surface area contributed by atoms with Gasteiger partial charge in [0.1, 0.15) is 6.10 Å². The van der Waals surface area contributed by atoms with Crippen molar-refractivity contribution in [3.8, 4) is 0 Å². The van der Waals surface area contributed by atoms with Gasteiger partial charge in [-0.1, -0.05) is 20.4 Å². The number of hydrogen-bond donors (Lipinski definition) is 0. The predicted molar refractivity (Wildman–Crippen MR) is 79.8 cm³/mol. The highest BCUT2D eigenvalue weighted by Gasteiger charge is 2.57. The van der Waals surface area contributed by atoms with Gasteiger partial charge in [0.15, 0.2) is 12.6 Å². The molecule has 0 bridgehead atoms. The lowest BCUT2D eigenvalue weighted by Crippen LogP contribution is -2.52. The molecule has 0 aromatic carbocycles. The van der Waals surface area contributed by atoms with Crippen LogP contribution in [-0.2, 0) is 23.7 Å². The lowest BCUT2D eigenvalue weighted by molar-refractivity contribution is -0.318. The molecule has 0 amide bonds. The summed E-state index contributed by atoms with van der Waals surface area (Å²) in [6.45, 7) is 8.38. The van der Waals surface area contributed by atoms with Crippen molar-refractivity contribution in [3.05, 3.63) is 12.2 Å². The summed E-state index contributed by atoms with van der Waals surface area (Å²) in [4.78, 5) is 11.9. The number of rotatable bonds is 2. The molecule has 7 atom stereocenters. The molecule has 7 unspecified atom stereocenters. The Morgan fingerprint density at radius 2 is 2.00 bits per heavy atom. The second-order valence-corrected chi connectivity index (χ2v) is 7.21. The van der Waals surface area contributed by atoms with Crippen LogP contribution in [0.3, 0.4) is 0 Å². The number of fused-ring (bicyclic) bond motifs is 2. The monoisotopic (exact) mass is 310 g/mol. The van der Waals surface area contributed by atoms with E-state index in [1.807, 2.05) is 0 Å². The molecule has 0 spiro atoms. The summed E-state index contributed by atoms with van der Waals surface area (Å²) in [5.41, 5.74) is 0.419. The Morgan fingerprint density at radius 1 is 1.27 bits per heavy atom. The molecule has 0 aromatic heterocycles. The summed E-state index contributed by atoms with van der Waals surface area (Å²) < 4.78 is 22.6. The fourth-order valence-corrected chi connectivity index (χ4v) is 4.75. The molecule has 3 fully saturated rings. The smallest absolute Gasteiger partial charge is 0.334 e. The van der Waals surface area contributed by atoms with Gasteiger partial charge in [-0.3, -0.25) is 0 Å². The van der Waals surface area contributed by atoms with E-state index in [1.165, 1.54) is 0 Å². The molecule has 1 saturated carbocycles. The fraction of sp³-hybridized carbons (Fsp3) is 0.824. The van der Waals surface area contributed by atoms with Crippen molar-refractivity contribution in [2.24, 2.45) is 23.2 Å². The fourth-order valence-electron chi connectivity index (χ4n) is 4.75. The van der Waals surface area contributed by atoms with Crippen molar-refractivity contribution in [3.63, 3.8) is 0 Å². The van der Waals surface area contributed by atoms with Gasteiger partial charge in [0.05, 0.1) is 0 Å². The molecular weight excluding hydrogens is 284 g/mol. The van der Waals surface area contributed by atoms with Gasteiger partial charge in [-0.25, -0.2) is 4.79 Å². The lowest BCUT2D eigenvalue weighted by Gasteiger charge is -2.50. The predicted octanol–water partition coefficient (Wildman–Crippen LogP) is 2.50. The zero-order valence-electron chi connectivity index (χ0n) is 13.8. The summed E-state index contributed by atoms with van der Waals surface area (Å²) >= 11 is 0. The molecule has 3 aliphatic rings. The normalized spacial score (nSPS) is 48.4. The van der Waals surface area contributed by atoms with Crippen LogP contribution in [-0.4, -0.2) is 38.9 Å². The van der Waals surface area contributed by atoms with Crippen LogP contribution in [0.25, 0.3) is 0 Å². The van der Waals surface area contributed by atoms with Crippen LogP contribution in [0.4, 0.5) is 0 Å². The molecule has 0 N–H and O–H groups in total. The van der Waals surface area contributed by atoms with Crippen LogP contribution in [0.2, 0.25) is 0 Å². The van der Waals surface area contributed by atoms with Crippen LogP contribution < -0.4 is 0 Å². The van der Waals surface area contributed by atoms with E-state index in [1.54, 1.807) is 14.2 Å². The number of hydrogen-bond acceptors (Lipinski definition) is 5. The topological polar surface area (TPSA) is 54.0 Å². The van der Waals surface area contributed by atoms with Gasteiger partial charge in [-0.15, -0.1) is 0 Å². The Hall–Kier alpha value is -0.910. The van der Waals surface area contributed by atoms with E-state index >= 15 is 0 Å². The third-order valence-electron chi connectivity index (χ3n) is 5.95. The van der Waals surface area contributed by atoms with Crippen molar-refractivity contribution >= 4 is 5.97 Å². The standard InChI is InChI=1S/C17H26O5/c1-9-6-13-11(10(2)15(18)21-13)8-17(3)12(9)7-14(19-4)22-16(17)20-5/h9,11-14,16H,2,6-8H2,1,3-5H3. The first kappa shape index (κ1) is 16.0. The zero-order valence-corrected chi connectivity index (χ0v) is 13.8. The average Bonchev–Trinajstić information content (AvgIpc) is 2.68. The van der Waals surface area contributed by atoms with E-state index in [4.69, 9.17) is 18.9 Å². The van der Waals surface area contributed by atoms with Crippen LogP contribution in [0.1, 0.15) is 33.1 Å². The number of esters is 1. The highest BCUT2D eigenvalue weighted by molar-refractivity contribution is 5.90. The highest BCUT2D eigenvalue weighted by Crippen LogP contribution is 2.55. The lowest BCUT2D eigenvalue weighted by atomic mass is 9.65. The summed E-state index contributed by atoms with van der Waals surface area (Å²) in [7, 11) is 3.34. The summed E-state index contributed by atoms with van der Waals surface area (Å²) in [6.07, 6.45) is 1.86. The molecule has 0 aromatic rings. The minimum absolute atomic E-state index is 0.0593. The van der Waals surface area contributed by atoms with Crippen molar-refractivity contribution in [2.75, 3.05) is 14.2 Å². The Labute approximate surface area is 131 Å². The molecule has 124 valence electrons. The van der Waals surface area contributed by atoms with Gasteiger partial charge in [-0.2, -0.15) is 0 Å². The first-order valence-corrected chi connectivity index (χ1v) is 8.01. The van der Waals surface area contributed by atoms with E-state index in [-0.39, 0.29) is 36.0 Å². The first-order valence-electron chi connectivity index (χ1n) is 8.01. The van der Waals surface area contributed by atoms with Gasteiger partial charge in [-0.05, 0) is 24.7 Å². The summed E-state index contributed by atoms with van der Waals surface area (Å²) in [5, 5.41) is 0. The SMILES string of the molecule is C=C1C(=O)OC2CC(C)C3CC(OC)OC(OC)C3(C)CC12. The van der Waals surface area contributed by atoms with E-state index in [2.05, 4.69) is 20.4 Å². The quantitative estimate of drug-likeness (QED) is 0.579. The Morgan fingerprint density at radius 3 is 2.64 bits per heavy atom. The summed E-state index contributed by atoms with van der Waals surface area (Å²) in [5.74, 6) is 0.612. The molecule has 2 aliphatic heterocycles. The molecule has 2 saturated heterocycles. The number of ether oxygens (including phenoxy) is 4. The van der Waals surface area contributed by atoms with Crippen molar-refractivity contribution < 1.29 is 23.7 Å². The Bertz CT molecular complexity index is 476. The van der Waals surface area contributed by atoms with E-state index in [0.717, 1.165) is 19.3 Å². The zero-order chi connectivity index (χ0) is 16.1. The van der Waals surface area contributed by atoms with Crippen LogP contribution in [0, 0.1) is 23.2 Å². The second-order valence-electron chi connectivity index (χ2n) is 7.21. The molecule has 3 rings (SSSR count). The third-order valence-corrected chi connectivity index (χ3v) is 5.95. The molecule has 22 heavy (non-hydrogen) atoms. The van der Waals surface area contributed by atoms with Crippen molar-refractivity contribution in [2.45, 2.75) is 51.8 Å². The molecule has 5 heteroatoms. The minimum atomic E-state index is -0.346. The van der Waals surface area contributed by atoms with Crippen LogP contribution >= 0.6 is 0 Å². The maximum atomic E-state index is 11.9. The minimum Gasteiger partial charge on any atom is -0.458 e. The first-order chi connectivity index (χ1) is 10.4. The molecule has 1 aliphatic carbocycles. The Balaban J connectivity index is 1.95. The summed E-state index contributed by atoms with van der Waals surface area (Å²) in [6, 6.07) is 0. The van der Waals surface area contributed by atoms with Gasteiger partial charge >= 0.3 is 5.97 Å².